The molecule has 1 atom stereocenters. The Kier molecular flexibility index (Phi) is 6.65. The van der Waals surface area contributed by atoms with Crippen LogP contribution in [0.3, 0.4) is 0 Å². The molecule has 1 unspecified atom stereocenters. The number of hydrogen-bond acceptors (Lipinski definition) is 3. The van der Waals surface area contributed by atoms with E-state index >= 15 is 0 Å². The molecule has 0 bridgehead atoms. The van der Waals surface area contributed by atoms with E-state index in [1.807, 2.05) is 7.05 Å². The van der Waals surface area contributed by atoms with E-state index in [-0.39, 0.29) is 17.6 Å². The normalized spacial score (nSPS) is 20.4. The summed E-state index contributed by atoms with van der Waals surface area (Å²) in [5.41, 5.74) is 0.0204. The van der Waals surface area contributed by atoms with Crippen LogP contribution in [0.1, 0.15) is 58.3 Å². The molecule has 0 radical (unpaired) electrons. The zero-order valence-corrected chi connectivity index (χ0v) is 11.8. The number of nitrogens with one attached hydrogen (secondary N) is 2. The molecule has 1 saturated carbocycles. The summed E-state index contributed by atoms with van der Waals surface area (Å²) in [6.07, 6.45) is 7.83. The lowest BCUT2D eigenvalue weighted by atomic mass is 9.79. The largest absolute Gasteiger partial charge is 0.393 e. The highest BCUT2D eigenvalue weighted by atomic mass is 16.3. The van der Waals surface area contributed by atoms with Crippen LogP contribution in [0.2, 0.25) is 0 Å². The third-order valence-corrected chi connectivity index (χ3v) is 3.96. The van der Waals surface area contributed by atoms with Gasteiger partial charge in [-0.05, 0) is 39.7 Å². The van der Waals surface area contributed by atoms with E-state index in [1.165, 1.54) is 19.3 Å². The van der Waals surface area contributed by atoms with Gasteiger partial charge < -0.3 is 15.7 Å². The quantitative estimate of drug-likeness (QED) is 0.606. The summed E-state index contributed by atoms with van der Waals surface area (Å²) in [5, 5.41) is 15.4. The van der Waals surface area contributed by atoms with E-state index in [1.54, 1.807) is 6.92 Å². The van der Waals surface area contributed by atoms with E-state index in [9.17, 15) is 4.79 Å². The highest BCUT2D eigenvalue weighted by molar-refractivity contribution is 5.77. The molecule has 0 aromatic rings. The Bertz CT molecular complexity index is 248. The van der Waals surface area contributed by atoms with Crippen LogP contribution in [0.5, 0.6) is 0 Å². The molecule has 106 valence electrons. The molecular formula is C14H28N2O2. The molecule has 1 aliphatic rings. The van der Waals surface area contributed by atoms with E-state index in [2.05, 4.69) is 10.6 Å². The molecule has 0 saturated heterocycles. The fraction of sp³-hybridized carbons (Fsp3) is 0.929. The van der Waals surface area contributed by atoms with Crippen molar-refractivity contribution in [2.45, 2.75) is 69.9 Å². The minimum absolute atomic E-state index is 0.0204. The summed E-state index contributed by atoms with van der Waals surface area (Å²) >= 11 is 0. The fourth-order valence-electron chi connectivity index (χ4n) is 2.74. The summed E-state index contributed by atoms with van der Waals surface area (Å²) < 4.78 is 0. The average molecular weight is 256 g/mol. The van der Waals surface area contributed by atoms with Crippen molar-refractivity contribution in [3.63, 3.8) is 0 Å². The Morgan fingerprint density at radius 1 is 1.33 bits per heavy atom. The molecule has 0 heterocycles. The molecule has 0 aliphatic heterocycles. The van der Waals surface area contributed by atoms with Crippen molar-refractivity contribution in [2.75, 3.05) is 13.6 Å². The van der Waals surface area contributed by atoms with Crippen LogP contribution in [0.4, 0.5) is 0 Å². The van der Waals surface area contributed by atoms with E-state index in [4.69, 9.17) is 5.11 Å². The zero-order chi connectivity index (χ0) is 13.4. The summed E-state index contributed by atoms with van der Waals surface area (Å²) in [6.45, 7) is 2.45. The van der Waals surface area contributed by atoms with Gasteiger partial charge in [-0.3, -0.25) is 4.79 Å². The van der Waals surface area contributed by atoms with Gasteiger partial charge in [0.2, 0.25) is 5.91 Å². The number of carbonyl (C=O) groups is 1. The van der Waals surface area contributed by atoms with Crippen molar-refractivity contribution in [2.24, 2.45) is 0 Å². The first-order chi connectivity index (χ1) is 8.58. The SMILES string of the molecule is CNC1(CC(=O)NCCCC(C)O)CCCCC1. The van der Waals surface area contributed by atoms with Crippen molar-refractivity contribution in [1.82, 2.24) is 10.6 Å². The number of rotatable bonds is 7. The lowest BCUT2D eigenvalue weighted by Gasteiger charge is -2.36. The molecule has 1 rings (SSSR count). The predicted octanol–water partition coefficient (Wildman–Crippen LogP) is 1.58. The van der Waals surface area contributed by atoms with Gasteiger partial charge in [-0.15, -0.1) is 0 Å². The Morgan fingerprint density at radius 3 is 2.56 bits per heavy atom. The maximum Gasteiger partial charge on any atom is 0.221 e. The van der Waals surface area contributed by atoms with Gasteiger partial charge in [-0.1, -0.05) is 19.3 Å². The highest BCUT2D eigenvalue weighted by Gasteiger charge is 2.32. The van der Waals surface area contributed by atoms with Crippen LogP contribution in [-0.4, -0.2) is 36.2 Å². The molecular weight excluding hydrogens is 228 g/mol. The second-order valence-electron chi connectivity index (χ2n) is 5.61. The third kappa shape index (κ3) is 5.36. The van der Waals surface area contributed by atoms with Crippen LogP contribution in [0, 0.1) is 0 Å². The van der Waals surface area contributed by atoms with E-state index in [0.717, 1.165) is 25.7 Å². The van der Waals surface area contributed by atoms with E-state index in [0.29, 0.717) is 13.0 Å². The van der Waals surface area contributed by atoms with Gasteiger partial charge in [0, 0.05) is 18.5 Å². The van der Waals surface area contributed by atoms with Crippen LogP contribution in [0.15, 0.2) is 0 Å². The molecule has 4 heteroatoms. The Hall–Kier alpha value is -0.610. The molecule has 1 aliphatic carbocycles. The van der Waals surface area contributed by atoms with Crippen molar-refractivity contribution in [1.29, 1.82) is 0 Å². The maximum atomic E-state index is 11.9. The predicted molar refractivity (Wildman–Crippen MR) is 73.4 cm³/mol. The summed E-state index contributed by atoms with van der Waals surface area (Å²) in [7, 11) is 1.96. The molecule has 4 nitrogen and oxygen atoms in total. The summed E-state index contributed by atoms with van der Waals surface area (Å²) in [4.78, 5) is 11.9. The second-order valence-corrected chi connectivity index (χ2v) is 5.61. The Balaban J connectivity index is 2.25. The Morgan fingerprint density at radius 2 is 2.00 bits per heavy atom. The molecule has 18 heavy (non-hydrogen) atoms. The number of carbonyl (C=O) groups excluding carboxylic acids is 1. The highest BCUT2D eigenvalue weighted by Crippen LogP contribution is 2.30. The van der Waals surface area contributed by atoms with Crippen molar-refractivity contribution < 1.29 is 9.90 Å². The van der Waals surface area contributed by atoms with Crippen molar-refractivity contribution in [3.8, 4) is 0 Å². The molecule has 0 aromatic heterocycles. The minimum Gasteiger partial charge on any atom is -0.393 e. The van der Waals surface area contributed by atoms with Crippen LogP contribution in [-0.2, 0) is 4.79 Å². The van der Waals surface area contributed by atoms with E-state index < -0.39 is 0 Å². The summed E-state index contributed by atoms with van der Waals surface area (Å²) in [5.74, 6) is 0.136. The molecule has 0 aromatic carbocycles. The summed E-state index contributed by atoms with van der Waals surface area (Å²) in [6, 6.07) is 0. The van der Waals surface area contributed by atoms with Gasteiger partial charge in [-0.2, -0.15) is 0 Å². The molecule has 1 amide bonds. The third-order valence-electron chi connectivity index (χ3n) is 3.96. The van der Waals surface area contributed by atoms with Crippen LogP contribution in [0.25, 0.3) is 0 Å². The van der Waals surface area contributed by atoms with Crippen molar-refractivity contribution >= 4 is 5.91 Å². The van der Waals surface area contributed by atoms with Gasteiger partial charge in [0.1, 0.15) is 0 Å². The first kappa shape index (κ1) is 15.4. The number of aliphatic hydroxyl groups excluding tert-OH is 1. The van der Waals surface area contributed by atoms with Crippen LogP contribution >= 0.6 is 0 Å². The zero-order valence-electron chi connectivity index (χ0n) is 11.8. The topological polar surface area (TPSA) is 61.4 Å². The average Bonchev–Trinajstić information content (AvgIpc) is 2.35. The van der Waals surface area contributed by atoms with Gasteiger partial charge in [0.05, 0.1) is 6.10 Å². The monoisotopic (exact) mass is 256 g/mol. The first-order valence-corrected chi connectivity index (χ1v) is 7.22. The number of aliphatic hydroxyl groups is 1. The van der Waals surface area contributed by atoms with Crippen LogP contribution < -0.4 is 10.6 Å². The van der Waals surface area contributed by atoms with Gasteiger partial charge in [0.25, 0.3) is 0 Å². The van der Waals surface area contributed by atoms with Gasteiger partial charge in [-0.25, -0.2) is 0 Å². The fourth-order valence-corrected chi connectivity index (χ4v) is 2.74. The van der Waals surface area contributed by atoms with Crippen molar-refractivity contribution in [3.05, 3.63) is 0 Å². The lowest BCUT2D eigenvalue weighted by Crippen LogP contribution is -2.48. The van der Waals surface area contributed by atoms with Gasteiger partial charge >= 0.3 is 0 Å². The minimum atomic E-state index is -0.274. The molecule has 3 N–H and O–H groups in total. The first-order valence-electron chi connectivity index (χ1n) is 7.22. The van der Waals surface area contributed by atoms with Gasteiger partial charge in [0.15, 0.2) is 0 Å². The Labute approximate surface area is 111 Å². The molecule has 0 spiro atoms. The maximum absolute atomic E-state index is 11.9. The standard InChI is InChI=1S/C14H28N2O2/c1-12(17)7-6-10-16-13(18)11-14(15-2)8-4-3-5-9-14/h12,15,17H,3-11H2,1-2H3,(H,16,18). The second kappa shape index (κ2) is 7.74. The smallest absolute Gasteiger partial charge is 0.221 e. The number of hydrogen-bond donors (Lipinski definition) is 3. The number of amides is 1. The molecule has 1 fully saturated rings. The lowest BCUT2D eigenvalue weighted by molar-refractivity contribution is -0.122.